The van der Waals surface area contributed by atoms with Crippen LogP contribution in [0.15, 0.2) is 0 Å². The Morgan fingerprint density at radius 1 is 1.35 bits per heavy atom. The molecular weight excluding hydrogens is 216 g/mol. The van der Waals surface area contributed by atoms with Crippen molar-refractivity contribution in [2.75, 3.05) is 13.1 Å². The number of aliphatic hydroxyl groups excluding tert-OH is 1. The maximum Gasteiger partial charge on any atom is 0.135 e. The summed E-state index contributed by atoms with van der Waals surface area (Å²) in [6.45, 7) is 3.13. The first kappa shape index (κ1) is 11.2. The maximum absolute atomic E-state index is 9.60. The number of fused-ring (bicyclic) bond motifs is 1. The highest BCUT2D eigenvalue weighted by molar-refractivity contribution is 5.02. The molecule has 0 amide bonds. The van der Waals surface area contributed by atoms with E-state index in [1.54, 1.807) is 0 Å². The van der Waals surface area contributed by atoms with Gasteiger partial charge in [0.25, 0.3) is 0 Å². The fraction of sp³-hybridized carbons (Fsp3) is 0.833. The summed E-state index contributed by atoms with van der Waals surface area (Å²) in [6, 6.07) is 0. The van der Waals surface area contributed by atoms with Gasteiger partial charge in [-0.25, -0.2) is 0 Å². The van der Waals surface area contributed by atoms with Gasteiger partial charge in [0.1, 0.15) is 11.6 Å². The number of aromatic nitrogens is 3. The zero-order valence-corrected chi connectivity index (χ0v) is 10.1. The lowest BCUT2D eigenvalue weighted by atomic mass is 9.96. The van der Waals surface area contributed by atoms with Crippen LogP contribution in [-0.4, -0.2) is 39.1 Å². The molecule has 5 heteroatoms. The second kappa shape index (κ2) is 4.74. The average molecular weight is 236 g/mol. The predicted octanol–water partition coefficient (Wildman–Crippen LogP) is 0.127. The van der Waals surface area contributed by atoms with Crippen LogP contribution < -0.4 is 5.32 Å². The van der Waals surface area contributed by atoms with Gasteiger partial charge in [-0.2, -0.15) is 0 Å². The van der Waals surface area contributed by atoms with E-state index in [1.807, 2.05) is 0 Å². The van der Waals surface area contributed by atoms with E-state index in [-0.39, 0.29) is 6.10 Å². The normalized spacial score (nSPS) is 29.0. The number of piperidine rings is 1. The Labute approximate surface area is 101 Å². The Balaban J connectivity index is 1.71. The van der Waals surface area contributed by atoms with Crippen molar-refractivity contribution in [2.45, 2.75) is 44.8 Å². The van der Waals surface area contributed by atoms with Gasteiger partial charge in [-0.3, -0.25) is 0 Å². The van der Waals surface area contributed by atoms with Crippen LogP contribution in [0.3, 0.4) is 0 Å². The van der Waals surface area contributed by atoms with Gasteiger partial charge < -0.3 is 15.0 Å². The third kappa shape index (κ3) is 2.35. The Morgan fingerprint density at radius 3 is 3.12 bits per heavy atom. The lowest BCUT2D eigenvalue weighted by Gasteiger charge is -2.24. The van der Waals surface area contributed by atoms with E-state index in [1.165, 1.54) is 12.8 Å². The Bertz CT molecular complexity index is 384. The molecular formula is C12H20N4O. The number of nitrogens with zero attached hydrogens (tertiary/aromatic N) is 3. The first-order valence-corrected chi connectivity index (χ1v) is 6.62. The van der Waals surface area contributed by atoms with Gasteiger partial charge in [-0.1, -0.05) is 0 Å². The van der Waals surface area contributed by atoms with Gasteiger partial charge in [0, 0.05) is 19.4 Å². The van der Waals surface area contributed by atoms with Crippen LogP contribution in [0.4, 0.5) is 0 Å². The molecule has 94 valence electrons. The van der Waals surface area contributed by atoms with Gasteiger partial charge in [-0.05, 0) is 38.3 Å². The van der Waals surface area contributed by atoms with Gasteiger partial charge in [0.2, 0.25) is 0 Å². The second-order valence-electron chi connectivity index (χ2n) is 5.25. The van der Waals surface area contributed by atoms with Gasteiger partial charge in [0.05, 0.1) is 6.10 Å². The number of rotatable bonds is 2. The summed E-state index contributed by atoms with van der Waals surface area (Å²) in [6.07, 6.45) is 4.85. The van der Waals surface area contributed by atoms with Crippen molar-refractivity contribution in [3.05, 3.63) is 11.6 Å². The smallest absolute Gasteiger partial charge is 0.135 e. The van der Waals surface area contributed by atoms with E-state index in [0.717, 1.165) is 44.1 Å². The molecule has 0 spiro atoms. The van der Waals surface area contributed by atoms with Gasteiger partial charge >= 0.3 is 0 Å². The van der Waals surface area contributed by atoms with Crippen molar-refractivity contribution >= 4 is 0 Å². The van der Waals surface area contributed by atoms with Crippen LogP contribution in [0.2, 0.25) is 0 Å². The molecule has 0 aliphatic carbocycles. The van der Waals surface area contributed by atoms with Crippen LogP contribution >= 0.6 is 0 Å². The van der Waals surface area contributed by atoms with Crippen LogP contribution in [0.1, 0.15) is 30.9 Å². The van der Waals surface area contributed by atoms with Crippen molar-refractivity contribution in [2.24, 2.45) is 5.92 Å². The van der Waals surface area contributed by atoms with E-state index < -0.39 is 0 Å². The second-order valence-corrected chi connectivity index (χ2v) is 5.25. The molecule has 2 unspecified atom stereocenters. The SMILES string of the molecule is OC1CCn2c(nnc2CC2CCCNC2)C1. The Hall–Kier alpha value is -0.940. The quantitative estimate of drug-likeness (QED) is 0.766. The molecule has 1 aromatic rings. The number of aliphatic hydroxyl groups is 1. The summed E-state index contributed by atoms with van der Waals surface area (Å²) in [4.78, 5) is 0. The molecule has 3 heterocycles. The summed E-state index contributed by atoms with van der Waals surface area (Å²) in [5.74, 6) is 2.77. The summed E-state index contributed by atoms with van der Waals surface area (Å²) in [5.41, 5.74) is 0. The van der Waals surface area contributed by atoms with Gasteiger partial charge in [-0.15, -0.1) is 10.2 Å². The summed E-state index contributed by atoms with van der Waals surface area (Å²) in [5, 5.41) is 21.5. The number of nitrogens with one attached hydrogen (secondary N) is 1. The Morgan fingerprint density at radius 2 is 2.29 bits per heavy atom. The summed E-state index contributed by atoms with van der Waals surface area (Å²) < 4.78 is 2.21. The first-order chi connectivity index (χ1) is 8.33. The van der Waals surface area contributed by atoms with E-state index in [4.69, 9.17) is 0 Å². The average Bonchev–Trinajstić information content (AvgIpc) is 2.73. The van der Waals surface area contributed by atoms with Gasteiger partial charge in [0.15, 0.2) is 0 Å². The molecule has 2 aliphatic rings. The highest BCUT2D eigenvalue weighted by atomic mass is 16.3. The van der Waals surface area contributed by atoms with E-state index in [9.17, 15) is 5.11 Å². The third-order valence-electron chi connectivity index (χ3n) is 3.88. The maximum atomic E-state index is 9.60. The van der Waals surface area contributed by atoms with Crippen molar-refractivity contribution in [1.29, 1.82) is 0 Å². The highest BCUT2D eigenvalue weighted by Gasteiger charge is 2.23. The number of hydrogen-bond acceptors (Lipinski definition) is 4. The van der Waals surface area contributed by atoms with Crippen LogP contribution in [0.25, 0.3) is 0 Å². The molecule has 17 heavy (non-hydrogen) atoms. The predicted molar refractivity (Wildman–Crippen MR) is 63.6 cm³/mol. The largest absolute Gasteiger partial charge is 0.393 e. The lowest BCUT2D eigenvalue weighted by molar-refractivity contribution is 0.140. The van der Waals surface area contributed by atoms with Crippen LogP contribution in [-0.2, 0) is 19.4 Å². The number of hydrogen-bond donors (Lipinski definition) is 2. The Kier molecular flexibility index (Phi) is 3.11. The molecule has 0 aromatic carbocycles. The first-order valence-electron chi connectivity index (χ1n) is 6.62. The molecule has 1 aromatic heterocycles. The highest BCUT2D eigenvalue weighted by Crippen LogP contribution is 2.19. The van der Waals surface area contributed by atoms with E-state index in [2.05, 4.69) is 20.1 Å². The minimum absolute atomic E-state index is 0.226. The summed E-state index contributed by atoms with van der Waals surface area (Å²) >= 11 is 0. The summed E-state index contributed by atoms with van der Waals surface area (Å²) in [7, 11) is 0. The third-order valence-corrected chi connectivity index (χ3v) is 3.88. The lowest BCUT2D eigenvalue weighted by Crippen LogP contribution is -2.32. The topological polar surface area (TPSA) is 63.0 Å². The monoisotopic (exact) mass is 236 g/mol. The van der Waals surface area contributed by atoms with Crippen LogP contribution in [0, 0.1) is 5.92 Å². The zero-order chi connectivity index (χ0) is 11.7. The fourth-order valence-corrected chi connectivity index (χ4v) is 2.88. The molecule has 1 fully saturated rings. The molecule has 1 saturated heterocycles. The van der Waals surface area contributed by atoms with E-state index in [0.29, 0.717) is 12.3 Å². The molecule has 2 atom stereocenters. The zero-order valence-electron chi connectivity index (χ0n) is 10.1. The van der Waals surface area contributed by atoms with Crippen molar-refractivity contribution < 1.29 is 5.11 Å². The standard InChI is InChI=1S/C12H20N4O/c17-10-3-5-16-11(14-15-12(16)7-10)6-9-2-1-4-13-8-9/h9-10,13,17H,1-8H2. The molecule has 0 saturated carbocycles. The van der Waals surface area contributed by atoms with Crippen LogP contribution in [0.5, 0.6) is 0 Å². The minimum atomic E-state index is -0.226. The fourth-order valence-electron chi connectivity index (χ4n) is 2.88. The molecule has 2 N–H and O–H groups in total. The molecule has 3 rings (SSSR count). The van der Waals surface area contributed by atoms with Crippen molar-refractivity contribution in [3.63, 3.8) is 0 Å². The van der Waals surface area contributed by atoms with Crippen molar-refractivity contribution in [1.82, 2.24) is 20.1 Å². The van der Waals surface area contributed by atoms with Crippen molar-refractivity contribution in [3.8, 4) is 0 Å². The molecule has 0 bridgehead atoms. The van der Waals surface area contributed by atoms with E-state index >= 15 is 0 Å². The minimum Gasteiger partial charge on any atom is -0.393 e. The molecule has 2 aliphatic heterocycles. The molecule has 0 radical (unpaired) electrons. The molecule has 5 nitrogen and oxygen atoms in total.